The zero-order chi connectivity index (χ0) is 15.2. The number of carbonyl (C=O) groups excluding carboxylic acids is 1. The van der Waals surface area contributed by atoms with E-state index in [1.165, 1.54) is 0 Å². The molecule has 1 amide bonds. The van der Waals surface area contributed by atoms with Crippen LogP contribution >= 0.6 is 0 Å². The standard InChI is InChI=1S/C16H17NO4/c1-9-5-3-4-6-10(9)17-14(18)13-12(15(19)20)11-7-8-16(13,2)21-11/h3-8,11-13H,1-2H3,(H,17,18)(H,19,20)/t11-,12+,13-,16-/m1/s1. The Labute approximate surface area is 122 Å². The molecular weight excluding hydrogens is 270 g/mol. The average Bonchev–Trinajstić information content (AvgIpc) is 2.94. The molecule has 110 valence electrons. The second-order valence-electron chi connectivity index (χ2n) is 5.77. The number of carbonyl (C=O) groups is 2. The molecule has 0 spiro atoms. The minimum atomic E-state index is -1.00. The smallest absolute Gasteiger partial charge is 0.310 e. The summed E-state index contributed by atoms with van der Waals surface area (Å²) in [6.07, 6.45) is 3.00. The monoisotopic (exact) mass is 287 g/mol. The number of aliphatic carboxylic acids is 1. The minimum Gasteiger partial charge on any atom is -0.481 e. The van der Waals surface area contributed by atoms with Crippen molar-refractivity contribution in [3.8, 4) is 0 Å². The van der Waals surface area contributed by atoms with Crippen molar-refractivity contribution in [1.82, 2.24) is 0 Å². The van der Waals surface area contributed by atoms with E-state index in [0.29, 0.717) is 5.69 Å². The molecule has 0 unspecified atom stereocenters. The van der Waals surface area contributed by atoms with E-state index in [-0.39, 0.29) is 5.91 Å². The lowest BCUT2D eigenvalue weighted by atomic mass is 9.75. The van der Waals surface area contributed by atoms with Crippen LogP contribution in [0.25, 0.3) is 0 Å². The molecule has 0 saturated carbocycles. The molecule has 2 aliphatic heterocycles. The molecule has 2 N–H and O–H groups in total. The molecule has 2 bridgehead atoms. The van der Waals surface area contributed by atoms with Gasteiger partial charge in [-0.3, -0.25) is 9.59 Å². The summed E-state index contributed by atoms with van der Waals surface area (Å²) >= 11 is 0. The maximum atomic E-state index is 12.6. The summed E-state index contributed by atoms with van der Waals surface area (Å²) in [5.74, 6) is -2.89. The third-order valence-electron chi connectivity index (χ3n) is 4.31. The van der Waals surface area contributed by atoms with Crippen LogP contribution in [0.2, 0.25) is 0 Å². The van der Waals surface area contributed by atoms with Crippen LogP contribution in [0, 0.1) is 18.8 Å². The molecule has 1 fully saturated rings. The van der Waals surface area contributed by atoms with Gasteiger partial charge in [-0.1, -0.05) is 30.4 Å². The summed E-state index contributed by atoms with van der Waals surface area (Å²) in [6.45, 7) is 3.65. The fourth-order valence-electron chi connectivity index (χ4n) is 3.20. The van der Waals surface area contributed by atoms with Gasteiger partial charge in [0, 0.05) is 5.69 Å². The van der Waals surface area contributed by atoms with Gasteiger partial charge in [-0.15, -0.1) is 0 Å². The van der Waals surface area contributed by atoms with E-state index in [1.807, 2.05) is 25.1 Å². The minimum absolute atomic E-state index is 0.314. The zero-order valence-electron chi connectivity index (χ0n) is 11.9. The van der Waals surface area contributed by atoms with Crippen molar-refractivity contribution in [2.75, 3.05) is 5.32 Å². The molecule has 5 nitrogen and oxygen atoms in total. The number of hydrogen-bond donors (Lipinski definition) is 2. The van der Waals surface area contributed by atoms with Gasteiger partial charge in [0.25, 0.3) is 0 Å². The molecule has 1 aromatic rings. The lowest BCUT2D eigenvalue weighted by Gasteiger charge is -2.28. The molecule has 1 aromatic carbocycles. The van der Waals surface area contributed by atoms with Crippen LogP contribution in [-0.4, -0.2) is 28.7 Å². The number of para-hydroxylation sites is 1. The van der Waals surface area contributed by atoms with Gasteiger partial charge in [-0.25, -0.2) is 0 Å². The first kappa shape index (κ1) is 13.8. The highest BCUT2D eigenvalue weighted by molar-refractivity contribution is 5.97. The van der Waals surface area contributed by atoms with E-state index in [0.717, 1.165) is 5.56 Å². The first-order valence-corrected chi connectivity index (χ1v) is 6.89. The fraction of sp³-hybridized carbons (Fsp3) is 0.375. The summed E-state index contributed by atoms with van der Waals surface area (Å²) < 4.78 is 5.68. The number of rotatable bonds is 3. The Balaban J connectivity index is 1.88. The van der Waals surface area contributed by atoms with Crippen molar-refractivity contribution in [3.63, 3.8) is 0 Å². The lowest BCUT2D eigenvalue weighted by molar-refractivity contribution is -0.146. The maximum absolute atomic E-state index is 12.6. The van der Waals surface area contributed by atoms with Crippen molar-refractivity contribution < 1.29 is 19.4 Å². The lowest BCUT2D eigenvalue weighted by Crippen LogP contribution is -2.44. The van der Waals surface area contributed by atoms with Gasteiger partial charge >= 0.3 is 5.97 Å². The number of carboxylic acid groups (broad SMARTS) is 1. The Morgan fingerprint density at radius 3 is 2.71 bits per heavy atom. The van der Waals surface area contributed by atoms with Gasteiger partial charge in [0.15, 0.2) is 0 Å². The number of carboxylic acids is 1. The van der Waals surface area contributed by atoms with E-state index in [2.05, 4.69) is 5.32 Å². The highest BCUT2D eigenvalue weighted by atomic mass is 16.5. The maximum Gasteiger partial charge on any atom is 0.310 e. The summed E-state index contributed by atoms with van der Waals surface area (Å²) in [5, 5.41) is 12.2. The van der Waals surface area contributed by atoms with Crippen LogP contribution in [0.4, 0.5) is 5.69 Å². The Bertz CT molecular complexity index is 639. The second kappa shape index (κ2) is 4.70. The highest BCUT2D eigenvalue weighted by Gasteiger charge is 2.59. The Hall–Kier alpha value is -2.14. The second-order valence-corrected chi connectivity index (χ2v) is 5.77. The third kappa shape index (κ3) is 2.14. The first-order chi connectivity index (χ1) is 9.92. The van der Waals surface area contributed by atoms with E-state index >= 15 is 0 Å². The van der Waals surface area contributed by atoms with Gasteiger partial charge in [-0.05, 0) is 25.5 Å². The number of amides is 1. The van der Waals surface area contributed by atoms with Gasteiger partial charge in [0.1, 0.15) is 5.92 Å². The van der Waals surface area contributed by atoms with Gasteiger partial charge in [-0.2, -0.15) is 0 Å². The predicted octanol–water partition coefficient (Wildman–Crippen LogP) is 1.98. The Morgan fingerprint density at radius 2 is 2.05 bits per heavy atom. The van der Waals surface area contributed by atoms with Gasteiger partial charge in [0.05, 0.1) is 17.6 Å². The SMILES string of the molecule is Cc1ccccc1NC(=O)[C@H]1[C@@H](C(=O)O)[C@H]2C=C[C@@]1(C)O2. The topological polar surface area (TPSA) is 75.6 Å². The number of anilines is 1. The molecule has 2 aliphatic rings. The molecule has 3 rings (SSSR count). The number of ether oxygens (including phenoxy) is 1. The van der Waals surface area contributed by atoms with Crippen molar-refractivity contribution in [2.45, 2.75) is 25.6 Å². The van der Waals surface area contributed by atoms with Gasteiger partial charge in [0.2, 0.25) is 5.91 Å². The van der Waals surface area contributed by atoms with Crippen molar-refractivity contribution in [3.05, 3.63) is 42.0 Å². The summed E-state index contributed by atoms with van der Waals surface area (Å²) in [4.78, 5) is 24.1. The highest BCUT2D eigenvalue weighted by Crippen LogP contribution is 2.47. The Kier molecular flexibility index (Phi) is 3.10. The van der Waals surface area contributed by atoms with Gasteiger partial charge < -0.3 is 15.2 Å². The molecule has 4 atom stereocenters. The third-order valence-corrected chi connectivity index (χ3v) is 4.31. The van der Waals surface area contributed by atoms with Crippen molar-refractivity contribution in [1.29, 1.82) is 0 Å². The zero-order valence-corrected chi connectivity index (χ0v) is 11.9. The molecule has 2 heterocycles. The first-order valence-electron chi connectivity index (χ1n) is 6.89. The molecular formula is C16H17NO4. The van der Waals surface area contributed by atoms with Crippen LogP contribution < -0.4 is 5.32 Å². The Morgan fingerprint density at radius 1 is 1.33 bits per heavy atom. The molecule has 1 saturated heterocycles. The normalized spacial score (nSPS) is 33.1. The quantitative estimate of drug-likeness (QED) is 0.833. The van der Waals surface area contributed by atoms with Crippen LogP contribution in [0.3, 0.4) is 0 Å². The van der Waals surface area contributed by atoms with E-state index in [9.17, 15) is 14.7 Å². The predicted molar refractivity (Wildman–Crippen MR) is 76.8 cm³/mol. The fourth-order valence-corrected chi connectivity index (χ4v) is 3.20. The molecule has 5 heteroatoms. The summed E-state index contributed by atoms with van der Waals surface area (Å²) in [5.41, 5.74) is 0.782. The molecule has 0 aliphatic carbocycles. The van der Waals surface area contributed by atoms with E-state index in [1.54, 1.807) is 25.1 Å². The number of aryl methyl sites for hydroxylation is 1. The average molecular weight is 287 g/mol. The van der Waals surface area contributed by atoms with Crippen molar-refractivity contribution in [2.24, 2.45) is 11.8 Å². The van der Waals surface area contributed by atoms with E-state index in [4.69, 9.17) is 4.74 Å². The van der Waals surface area contributed by atoms with Crippen LogP contribution in [0.5, 0.6) is 0 Å². The number of hydrogen-bond acceptors (Lipinski definition) is 3. The summed E-state index contributed by atoms with van der Waals surface area (Å²) in [7, 11) is 0. The number of benzene rings is 1. The number of nitrogens with one attached hydrogen (secondary N) is 1. The number of fused-ring (bicyclic) bond motifs is 2. The van der Waals surface area contributed by atoms with Crippen LogP contribution in [0.15, 0.2) is 36.4 Å². The van der Waals surface area contributed by atoms with E-state index < -0.39 is 29.5 Å². The summed E-state index contributed by atoms with van der Waals surface area (Å²) in [6, 6.07) is 7.41. The van der Waals surface area contributed by atoms with Crippen LogP contribution in [0.1, 0.15) is 12.5 Å². The molecule has 0 radical (unpaired) electrons. The largest absolute Gasteiger partial charge is 0.481 e. The van der Waals surface area contributed by atoms with Crippen molar-refractivity contribution >= 4 is 17.6 Å². The van der Waals surface area contributed by atoms with Crippen LogP contribution in [-0.2, 0) is 14.3 Å². The molecule has 0 aromatic heterocycles. The molecule has 21 heavy (non-hydrogen) atoms.